The highest BCUT2D eigenvalue weighted by molar-refractivity contribution is 6.27. The zero-order valence-corrected chi connectivity index (χ0v) is 9.01. The minimum Gasteiger partial charge on any atom is -0.346 e. The Kier molecular flexibility index (Phi) is 3.47. The Labute approximate surface area is 88.5 Å². The van der Waals surface area contributed by atoms with Crippen LogP contribution in [0.3, 0.4) is 0 Å². The lowest BCUT2D eigenvalue weighted by atomic mass is 9.96. The van der Waals surface area contributed by atoms with Crippen molar-refractivity contribution in [3.05, 3.63) is 30.1 Å². The van der Waals surface area contributed by atoms with Crippen molar-refractivity contribution in [2.75, 3.05) is 5.88 Å². The number of amides is 1. The first-order valence-corrected chi connectivity index (χ1v) is 4.87. The highest BCUT2D eigenvalue weighted by Crippen LogP contribution is 2.18. The fourth-order valence-corrected chi connectivity index (χ4v) is 1.25. The Bertz CT molecular complexity index is 311. The summed E-state index contributed by atoms with van der Waals surface area (Å²) in [6.45, 7) is 3.82. The molecule has 4 heteroatoms. The summed E-state index contributed by atoms with van der Waals surface area (Å²) >= 11 is 5.42. The van der Waals surface area contributed by atoms with Gasteiger partial charge in [-0.25, -0.2) is 0 Å². The molecule has 0 atom stereocenters. The van der Waals surface area contributed by atoms with E-state index >= 15 is 0 Å². The van der Waals surface area contributed by atoms with Crippen molar-refractivity contribution in [2.45, 2.75) is 19.4 Å². The average molecular weight is 213 g/mol. The number of carbonyl (C=O) groups excluding carboxylic acids is 1. The van der Waals surface area contributed by atoms with Crippen LogP contribution in [0, 0.1) is 0 Å². The maximum absolute atomic E-state index is 11.1. The molecule has 76 valence electrons. The van der Waals surface area contributed by atoms with E-state index in [0.717, 1.165) is 5.56 Å². The molecular formula is C10H13ClN2O. The van der Waals surface area contributed by atoms with Crippen LogP contribution < -0.4 is 5.32 Å². The van der Waals surface area contributed by atoms with Gasteiger partial charge in [0.25, 0.3) is 0 Å². The van der Waals surface area contributed by atoms with Crippen LogP contribution in [0.25, 0.3) is 0 Å². The Morgan fingerprint density at radius 1 is 1.64 bits per heavy atom. The van der Waals surface area contributed by atoms with Crippen molar-refractivity contribution in [1.29, 1.82) is 0 Å². The van der Waals surface area contributed by atoms with Gasteiger partial charge in [0.2, 0.25) is 5.91 Å². The number of aromatic nitrogens is 1. The molecule has 14 heavy (non-hydrogen) atoms. The maximum Gasteiger partial charge on any atom is 0.235 e. The summed E-state index contributed by atoms with van der Waals surface area (Å²) in [5.41, 5.74) is 0.527. The van der Waals surface area contributed by atoms with Crippen LogP contribution in [0.1, 0.15) is 19.4 Å². The minimum absolute atomic E-state index is 0.0241. The lowest BCUT2D eigenvalue weighted by Crippen LogP contribution is -2.41. The van der Waals surface area contributed by atoms with E-state index in [9.17, 15) is 4.79 Å². The molecule has 0 saturated heterocycles. The normalized spacial score (nSPS) is 11.1. The molecule has 1 heterocycles. The van der Waals surface area contributed by atoms with Crippen LogP contribution in [0.5, 0.6) is 0 Å². The van der Waals surface area contributed by atoms with E-state index in [1.807, 2.05) is 26.0 Å². The fourth-order valence-electron chi connectivity index (χ4n) is 1.19. The van der Waals surface area contributed by atoms with Gasteiger partial charge in [-0.1, -0.05) is 6.07 Å². The Hall–Kier alpha value is -1.09. The van der Waals surface area contributed by atoms with E-state index in [2.05, 4.69) is 10.3 Å². The summed E-state index contributed by atoms with van der Waals surface area (Å²) in [4.78, 5) is 15.1. The summed E-state index contributed by atoms with van der Waals surface area (Å²) in [6, 6.07) is 3.76. The smallest absolute Gasteiger partial charge is 0.235 e. The topological polar surface area (TPSA) is 42.0 Å². The Morgan fingerprint density at radius 3 is 2.86 bits per heavy atom. The number of rotatable bonds is 3. The summed E-state index contributed by atoms with van der Waals surface area (Å²) in [7, 11) is 0. The number of nitrogens with one attached hydrogen (secondary N) is 1. The predicted molar refractivity (Wildman–Crippen MR) is 56.1 cm³/mol. The molecule has 0 aromatic carbocycles. The number of hydrogen-bond donors (Lipinski definition) is 1. The van der Waals surface area contributed by atoms with Gasteiger partial charge < -0.3 is 5.32 Å². The van der Waals surface area contributed by atoms with Crippen LogP contribution in [0.4, 0.5) is 0 Å². The average Bonchev–Trinajstić information content (AvgIpc) is 2.18. The molecule has 3 nitrogen and oxygen atoms in total. The lowest BCUT2D eigenvalue weighted by molar-refractivity contribution is -0.120. The van der Waals surface area contributed by atoms with Crippen LogP contribution in [0.15, 0.2) is 24.5 Å². The third-order valence-electron chi connectivity index (χ3n) is 1.96. The first-order chi connectivity index (χ1) is 6.56. The lowest BCUT2D eigenvalue weighted by Gasteiger charge is -2.25. The van der Waals surface area contributed by atoms with Gasteiger partial charge in [0, 0.05) is 12.4 Å². The van der Waals surface area contributed by atoms with E-state index in [1.54, 1.807) is 12.4 Å². The Morgan fingerprint density at radius 2 is 2.36 bits per heavy atom. The summed E-state index contributed by atoms with van der Waals surface area (Å²) in [5.74, 6) is -0.204. The molecule has 0 spiro atoms. The van der Waals surface area contributed by atoms with E-state index in [1.165, 1.54) is 0 Å². The number of carbonyl (C=O) groups is 1. The number of halogens is 1. The third-order valence-corrected chi connectivity index (χ3v) is 2.20. The first kappa shape index (κ1) is 11.0. The molecule has 0 saturated carbocycles. The summed E-state index contributed by atoms with van der Waals surface area (Å²) in [5, 5.41) is 2.81. The van der Waals surface area contributed by atoms with Crippen LogP contribution in [-0.2, 0) is 10.3 Å². The van der Waals surface area contributed by atoms with Gasteiger partial charge in [-0.3, -0.25) is 9.78 Å². The largest absolute Gasteiger partial charge is 0.346 e. The zero-order chi connectivity index (χ0) is 10.6. The quantitative estimate of drug-likeness (QED) is 0.775. The molecule has 0 aliphatic rings. The van der Waals surface area contributed by atoms with Gasteiger partial charge >= 0.3 is 0 Å². The standard InChI is InChI=1S/C10H13ClN2O/c1-10(2,13-9(14)6-11)8-4-3-5-12-7-8/h3-5,7H,6H2,1-2H3,(H,13,14). The van der Waals surface area contributed by atoms with E-state index in [0.29, 0.717) is 0 Å². The molecule has 1 N–H and O–H groups in total. The van der Waals surface area contributed by atoms with Crippen molar-refractivity contribution in [3.63, 3.8) is 0 Å². The molecule has 0 aliphatic carbocycles. The number of hydrogen-bond acceptors (Lipinski definition) is 2. The minimum atomic E-state index is -0.430. The molecule has 0 radical (unpaired) electrons. The second-order valence-electron chi connectivity index (χ2n) is 3.55. The zero-order valence-electron chi connectivity index (χ0n) is 8.25. The Balaban J connectivity index is 2.80. The number of alkyl halides is 1. The van der Waals surface area contributed by atoms with Crippen LogP contribution in [0.2, 0.25) is 0 Å². The molecule has 1 amide bonds. The molecule has 1 aromatic heterocycles. The van der Waals surface area contributed by atoms with Crippen molar-refractivity contribution < 1.29 is 4.79 Å². The van der Waals surface area contributed by atoms with Gasteiger partial charge in [0.15, 0.2) is 0 Å². The van der Waals surface area contributed by atoms with Crippen molar-refractivity contribution in [3.8, 4) is 0 Å². The SMILES string of the molecule is CC(C)(NC(=O)CCl)c1cccnc1. The molecule has 1 aromatic rings. The van der Waals surface area contributed by atoms with Gasteiger partial charge in [-0.15, -0.1) is 11.6 Å². The van der Waals surface area contributed by atoms with Gasteiger partial charge in [-0.2, -0.15) is 0 Å². The van der Waals surface area contributed by atoms with Gasteiger partial charge in [-0.05, 0) is 25.5 Å². The van der Waals surface area contributed by atoms with E-state index in [-0.39, 0.29) is 11.8 Å². The van der Waals surface area contributed by atoms with E-state index in [4.69, 9.17) is 11.6 Å². The van der Waals surface area contributed by atoms with Gasteiger partial charge in [0.1, 0.15) is 5.88 Å². The van der Waals surface area contributed by atoms with E-state index < -0.39 is 5.54 Å². The molecule has 0 bridgehead atoms. The first-order valence-electron chi connectivity index (χ1n) is 4.34. The van der Waals surface area contributed by atoms with Crippen molar-refractivity contribution >= 4 is 17.5 Å². The molecular weight excluding hydrogens is 200 g/mol. The predicted octanol–water partition coefficient (Wildman–Crippen LogP) is 1.67. The molecule has 1 rings (SSSR count). The molecule has 0 aliphatic heterocycles. The summed E-state index contributed by atoms with van der Waals surface area (Å²) in [6.07, 6.45) is 3.43. The highest BCUT2D eigenvalue weighted by Gasteiger charge is 2.22. The second kappa shape index (κ2) is 4.42. The second-order valence-corrected chi connectivity index (χ2v) is 3.82. The van der Waals surface area contributed by atoms with Crippen LogP contribution in [-0.4, -0.2) is 16.8 Å². The monoisotopic (exact) mass is 212 g/mol. The fraction of sp³-hybridized carbons (Fsp3) is 0.400. The van der Waals surface area contributed by atoms with Crippen molar-refractivity contribution in [2.24, 2.45) is 0 Å². The summed E-state index contributed by atoms with van der Waals surface area (Å²) < 4.78 is 0. The number of pyridine rings is 1. The van der Waals surface area contributed by atoms with Gasteiger partial charge in [0.05, 0.1) is 5.54 Å². The molecule has 0 fully saturated rings. The number of nitrogens with zero attached hydrogens (tertiary/aromatic N) is 1. The third kappa shape index (κ3) is 2.70. The maximum atomic E-state index is 11.1. The van der Waals surface area contributed by atoms with Crippen molar-refractivity contribution in [1.82, 2.24) is 10.3 Å². The molecule has 0 unspecified atom stereocenters. The highest BCUT2D eigenvalue weighted by atomic mass is 35.5. The van der Waals surface area contributed by atoms with Crippen LogP contribution >= 0.6 is 11.6 Å².